The van der Waals surface area contributed by atoms with Crippen molar-refractivity contribution in [3.8, 4) is 0 Å². The first-order valence-corrected chi connectivity index (χ1v) is 7.84. The summed E-state index contributed by atoms with van der Waals surface area (Å²) in [6.07, 6.45) is 16.0. The zero-order valence-corrected chi connectivity index (χ0v) is 12.5. The van der Waals surface area contributed by atoms with Crippen molar-refractivity contribution in [2.24, 2.45) is 0 Å². The van der Waals surface area contributed by atoms with Gasteiger partial charge in [0.25, 0.3) is 0 Å². The van der Waals surface area contributed by atoms with Gasteiger partial charge in [0.2, 0.25) is 0 Å². The van der Waals surface area contributed by atoms with Crippen LogP contribution in [-0.4, -0.2) is 4.98 Å². The Labute approximate surface area is 109 Å². The fourth-order valence-electron chi connectivity index (χ4n) is 2.26. The van der Waals surface area contributed by atoms with E-state index in [0.717, 1.165) is 0 Å². The predicted octanol–water partition coefficient (Wildman–Crippen LogP) is 4.59. The minimum absolute atomic E-state index is 1.23. The smallest absolute Gasteiger partial charge is 0.0353 e. The highest BCUT2D eigenvalue weighted by molar-refractivity contribution is 7.27. The largest absolute Gasteiger partial charge is 0.362 e. The van der Waals surface area contributed by atoms with E-state index in [1.54, 1.807) is 0 Å². The lowest BCUT2D eigenvalue weighted by Gasteiger charge is -2.02. The summed E-state index contributed by atoms with van der Waals surface area (Å²) >= 11 is 0. The van der Waals surface area contributed by atoms with Gasteiger partial charge in [0.05, 0.1) is 0 Å². The van der Waals surface area contributed by atoms with E-state index in [9.17, 15) is 0 Å². The average Bonchev–Trinajstić information content (AvgIpc) is 2.73. The maximum Gasteiger partial charge on any atom is 0.0353 e. The number of hydrogen-bond donors (Lipinski definition) is 1. The summed E-state index contributed by atoms with van der Waals surface area (Å²) in [5.41, 5.74) is 2.74. The van der Waals surface area contributed by atoms with Crippen molar-refractivity contribution in [1.29, 1.82) is 0 Å². The van der Waals surface area contributed by atoms with Crippen LogP contribution in [0.2, 0.25) is 0 Å². The first-order valence-electron chi connectivity index (χ1n) is 7.26. The van der Waals surface area contributed by atoms with Crippen molar-refractivity contribution in [1.82, 2.24) is 4.98 Å². The van der Waals surface area contributed by atoms with E-state index in [-0.39, 0.29) is 0 Å². The lowest BCUT2D eigenvalue weighted by atomic mass is 10.1. The summed E-state index contributed by atoms with van der Waals surface area (Å²) in [5.74, 6) is 0. The van der Waals surface area contributed by atoms with Crippen LogP contribution in [0.1, 0.15) is 70.3 Å². The van der Waals surface area contributed by atoms with Gasteiger partial charge >= 0.3 is 0 Å². The Morgan fingerprint density at radius 1 is 0.941 bits per heavy atom. The fraction of sp³-hybridized carbons (Fsp3) is 0.733. The monoisotopic (exact) mass is 253 g/mol. The Hall–Kier alpha value is -0.290. The first kappa shape index (κ1) is 14.8. The Morgan fingerprint density at radius 2 is 1.53 bits per heavy atom. The summed E-state index contributed by atoms with van der Waals surface area (Å²) in [7, 11) is 2.77. The number of aromatic amines is 1. The Bertz CT molecular complexity index is 280. The van der Waals surface area contributed by atoms with Crippen LogP contribution in [-0.2, 0) is 6.42 Å². The second-order valence-corrected chi connectivity index (χ2v) is 5.57. The van der Waals surface area contributed by atoms with Gasteiger partial charge in [-0.2, -0.15) is 0 Å². The molecular formula is C15H28NP. The fourth-order valence-corrected chi connectivity index (χ4v) is 2.60. The number of aromatic nitrogens is 1. The molecule has 1 atom stereocenters. The zero-order valence-electron chi connectivity index (χ0n) is 11.3. The van der Waals surface area contributed by atoms with E-state index in [1.165, 1.54) is 75.2 Å². The number of nitrogens with one attached hydrogen (secondary N) is 1. The number of hydrogen-bond acceptors (Lipinski definition) is 0. The van der Waals surface area contributed by atoms with Gasteiger partial charge in [-0.3, -0.25) is 0 Å². The van der Waals surface area contributed by atoms with Crippen LogP contribution in [0.15, 0.2) is 12.3 Å². The highest BCUT2D eigenvalue weighted by atomic mass is 31.0. The molecular weight excluding hydrogens is 225 g/mol. The van der Waals surface area contributed by atoms with Gasteiger partial charge in [0.1, 0.15) is 0 Å². The number of rotatable bonds is 10. The van der Waals surface area contributed by atoms with E-state index in [0.29, 0.717) is 0 Å². The normalized spacial score (nSPS) is 10.9. The molecule has 1 unspecified atom stereocenters. The molecule has 0 aliphatic heterocycles. The summed E-state index contributed by atoms with van der Waals surface area (Å²) in [5, 5.41) is 0. The van der Waals surface area contributed by atoms with E-state index >= 15 is 0 Å². The number of H-pyrrole nitrogens is 1. The van der Waals surface area contributed by atoms with Gasteiger partial charge in [-0.25, -0.2) is 0 Å². The molecule has 0 bridgehead atoms. The van der Waals surface area contributed by atoms with Gasteiger partial charge < -0.3 is 4.98 Å². The highest BCUT2D eigenvalue weighted by Gasteiger charge is 1.98. The van der Waals surface area contributed by atoms with Crippen LogP contribution in [0.5, 0.6) is 0 Å². The van der Waals surface area contributed by atoms with E-state index in [1.807, 2.05) is 6.20 Å². The third-order valence-corrected chi connectivity index (χ3v) is 3.96. The van der Waals surface area contributed by atoms with Crippen molar-refractivity contribution < 1.29 is 0 Å². The van der Waals surface area contributed by atoms with Gasteiger partial charge in [-0.15, -0.1) is 0 Å². The van der Waals surface area contributed by atoms with Gasteiger partial charge in [0.15, 0.2) is 0 Å². The molecule has 0 saturated heterocycles. The van der Waals surface area contributed by atoms with Gasteiger partial charge in [-0.1, -0.05) is 67.5 Å². The second-order valence-electron chi connectivity index (χ2n) is 5.00. The minimum Gasteiger partial charge on any atom is -0.362 e. The lowest BCUT2D eigenvalue weighted by molar-refractivity contribution is 0.565. The van der Waals surface area contributed by atoms with Crippen molar-refractivity contribution in [3.63, 3.8) is 0 Å². The molecule has 0 saturated carbocycles. The summed E-state index contributed by atoms with van der Waals surface area (Å²) in [6, 6.07) is 2.20. The Balaban J connectivity index is 1.86. The molecule has 0 radical (unpaired) electrons. The summed E-state index contributed by atoms with van der Waals surface area (Å²) in [4.78, 5) is 3.21. The van der Waals surface area contributed by atoms with Crippen molar-refractivity contribution in [2.75, 3.05) is 0 Å². The molecule has 1 heterocycles. The van der Waals surface area contributed by atoms with Crippen LogP contribution in [0, 0.1) is 0 Å². The van der Waals surface area contributed by atoms with Crippen molar-refractivity contribution in [2.45, 2.75) is 71.1 Å². The SMILES string of the molecule is CCCCCCCCCCCc1cc[nH]c1P. The molecule has 98 valence electrons. The summed E-state index contributed by atoms with van der Waals surface area (Å²) in [6.45, 7) is 2.28. The van der Waals surface area contributed by atoms with E-state index < -0.39 is 0 Å². The van der Waals surface area contributed by atoms with Gasteiger partial charge in [-0.05, 0) is 24.5 Å². The molecule has 0 aromatic carbocycles. The van der Waals surface area contributed by atoms with Crippen molar-refractivity contribution in [3.05, 3.63) is 17.8 Å². The average molecular weight is 253 g/mol. The minimum atomic E-state index is 1.23. The lowest BCUT2D eigenvalue weighted by Crippen LogP contribution is -1.98. The second kappa shape index (κ2) is 9.71. The Kier molecular flexibility index (Phi) is 8.44. The third kappa shape index (κ3) is 6.88. The maximum atomic E-state index is 3.21. The molecule has 1 aromatic heterocycles. The van der Waals surface area contributed by atoms with Crippen LogP contribution in [0.4, 0.5) is 0 Å². The van der Waals surface area contributed by atoms with Gasteiger partial charge in [0, 0.05) is 11.6 Å². The molecule has 2 heteroatoms. The quantitative estimate of drug-likeness (QED) is 0.464. The number of unbranched alkanes of at least 4 members (excludes halogenated alkanes) is 8. The zero-order chi connectivity index (χ0) is 12.3. The first-order chi connectivity index (χ1) is 8.34. The Morgan fingerprint density at radius 3 is 2.06 bits per heavy atom. The van der Waals surface area contributed by atoms with E-state index in [4.69, 9.17) is 0 Å². The molecule has 0 spiro atoms. The molecule has 17 heavy (non-hydrogen) atoms. The molecule has 0 fully saturated rings. The molecule has 1 N–H and O–H groups in total. The maximum absolute atomic E-state index is 3.21. The molecule has 1 nitrogen and oxygen atoms in total. The molecule has 0 amide bonds. The predicted molar refractivity (Wildman–Crippen MR) is 81.1 cm³/mol. The van der Waals surface area contributed by atoms with Crippen LogP contribution in [0.3, 0.4) is 0 Å². The highest BCUT2D eigenvalue weighted by Crippen LogP contribution is 2.11. The standard InChI is InChI=1S/C15H28NP/c1-2-3-4-5-6-7-8-9-10-11-14-12-13-16-15(14)17/h12-13,16H,2-11,17H2,1H3. The van der Waals surface area contributed by atoms with Crippen LogP contribution < -0.4 is 5.44 Å². The third-order valence-electron chi connectivity index (χ3n) is 3.42. The number of aryl methyl sites for hydroxylation is 1. The molecule has 0 aliphatic carbocycles. The molecule has 0 aliphatic rings. The van der Waals surface area contributed by atoms with Crippen molar-refractivity contribution >= 4 is 14.7 Å². The molecule has 1 rings (SSSR count). The van der Waals surface area contributed by atoms with Crippen LogP contribution in [0.25, 0.3) is 0 Å². The van der Waals surface area contributed by atoms with Crippen LogP contribution >= 0.6 is 9.24 Å². The van der Waals surface area contributed by atoms with E-state index in [2.05, 4.69) is 27.2 Å². The topological polar surface area (TPSA) is 15.8 Å². The molecule has 1 aromatic rings. The summed E-state index contributed by atoms with van der Waals surface area (Å²) < 4.78 is 0.